The Morgan fingerprint density at radius 1 is 1.26 bits per heavy atom. The minimum atomic E-state index is -1.27. The minimum absolute atomic E-state index is 0.0825. The molecule has 0 aromatic heterocycles. The van der Waals surface area contributed by atoms with E-state index in [2.05, 4.69) is 10.6 Å². The number of hydrogen-bond acceptors (Lipinski definition) is 7. The molecule has 0 heterocycles. The number of imide groups is 1. The van der Waals surface area contributed by atoms with E-state index in [-0.39, 0.29) is 10.6 Å². The van der Waals surface area contributed by atoms with Gasteiger partial charge in [-0.2, -0.15) is 0 Å². The predicted molar refractivity (Wildman–Crippen MR) is 93.2 cm³/mol. The van der Waals surface area contributed by atoms with Crippen LogP contribution in [0.3, 0.4) is 0 Å². The fourth-order valence-corrected chi connectivity index (χ4v) is 1.95. The van der Waals surface area contributed by atoms with Gasteiger partial charge in [-0.1, -0.05) is 11.6 Å². The summed E-state index contributed by atoms with van der Waals surface area (Å²) in [5.74, 6) is -2.55. The lowest BCUT2D eigenvalue weighted by Crippen LogP contribution is -2.45. The Kier molecular flexibility index (Phi) is 8.14. The second-order valence-corrected chi connectivity index (χ2v) is 5.49. The van der Waals surface area contributed by atoms with Crippen LogP contribution in [-0.2, 0) is 14.3 Å². The molecular formula is C15H17ClN4O7. The molecule has 12 heteroatoms. The van der Waals surface area contributed by atoms with Gasteiger partial charge in [0.25, 0.3) is 17.5 Å². The number of esters is 1. The highest BCUT2D eigenvalue weighted by Gasteiger charge is 2.21. The summed E-state index contributed by atoms with van der Waals surface area (Å²) in [5, 5.41) is 17.2. The van der Waals surface area contributed by atoms with Gasteiger partial charge in [0.15, 0.2) is 6.10 Å². The quantitative estimate of drug-likeness (QED) is 0.346. The number of nitrogens with one attached hydrogen (secondary N) is 3. The van der Waals surface area contributed by atoms with Crippen molar-refractivity contribution in [3.05, 3.63) is 38.9 Å². The summed E-state index contributed by atoms with van der Waals surface area (Å²) in [6, 6.07) is 2.66. The maximum absolute atomic E-state index is 12.0. The van der Waals surface area contributed by atoms with Gasteiger partial charge in [-0.05, 0) is 26.0 Å². The monoisotopic (exact) mass is 400 g/mol. The molecule has 11 nitrogen and oxygen atoms in total. The average Bonchev–Trinajstić information content (AvgIpc) is 2.59. The van der Waals surface area contributed by atoms with Crippen LogP contribution in [0.1, 0.15) is 24.2 Å². The van der Waals surface area contributed by atoms with Crippen LogP contribution in [0.5, 0.6) is 0 Å². The zero-order valence-corrected chi connectivity index (χ0v) is 15.2. The average molecular weight is 401 g/mol. The lowest BCUT2D eigenvalue weighted by molar-refractivity contribution is -0.384. The second kappa shape index (κ2) is 10.1. The Hall–Kier alpha value is -3.21. The number of urea groups is 1. The van der Waals surface area contributed by atoms with E-state index in [1.807, 2.05) is 5.32 Å². The maximum Gasteiger partial charge on any atom is 0.326 e. The number of nitro benzene ring substituents is 1. The highest BCUT2D eigenvalue weighted by molar-refractivity contribution is 6.32. The van der Waals surface area contributed by atoms with Gasteiger partial charge in [-0.15, -0.1) is 0 Å². The van der Waals surface area contributed by atoms with E-state index in [1.165, 1.54) is 19.1 Å². The van der Waals surface area contributed by atoms with Crippen LogP contribution in [0, 0.1) is 10.1 Å². The molecule has 0 aliphatic rings. The van der Waals surface area contributed by atoms with Crippen LogP contribution in [-0.4, -0.2) is 47.9 Å². The van der Waals surface area contributed by atoms with E-state index in [1.54, 1.807) is 6.92 Å². The second-order valence-electron chi connectivity index (χ2n) is 5.09. The summed E-state index contributed by atoms with van der Waals surface area (Å²) in [4.78, 5) is 56.6. The zero-order chi connectivity index (χ0) is 20.6. The molecule has 4 amide bonds. The number of rotatable bonds is 7. The molecule has 1 rings (SSSR count). The van der Waals surface area contributed by atoms with Crippen LogP contribution in [0.2, 0.25) is 5.02 Å². The van der Waals surface area contributed by atoms with Crippen molar-refractivity contribution in [3.8, 4) is 0 Å². The lowest BCUT2D eigenvalue weighted by Gasteiger charge is -2.13. The first kappa shape index (κ1) is 21.8. The minimum Gasteiger partial charge on any atom is -0.451 e. The standard InChI is InChI=1S/C15H17ClN4O7/c1-3-17-15(24)19-13(22)8(2)27-12(21)7-18-14(23)9-4-5-10(16)11(6-9)20(25)26/h4-6,8H,3,7H2,1-2H3,(H,18,23)(H2,17,19,22,24). The Labute approximate surface area is 158 Å². The SMILES string of the molecule is CCNC(=O)NC(=O)C(C)OC(=O)CNC(=O)c1ccc(Cl)c([N+](=O)[O-])c1. The van der Waals surface area contributed by atoms with Gasteiger partial charge in [-0.25, -0.2) is 4.79 Å². The van der Waals surface area contributed by atoms with E-state index in [0.29, 0.717) is 6.54 Å². The molecule has 0 saturated heterocycles. The molecule has 0 bridgehead atoms. The number of carbonyl (C=O) groups excluding carboxylic acids is 4. The van der Waals surface area contributed by atoms with Gasteiger partial charge < -0.3 is 15.4 Å². The number of amides is 4. The first-order chi connectivity index (χ1) is 12.6. The molecule has 0 fully saturated rings. The number of ether oxygens (including phenoxy) is 1. The highest BCUT2D eigenvalue weighted by Crippen LogP contribution is 2.24. The van der Waals surface area contributed by atoms with Crippen molar-refractivity contribution < 1.29 is 28.8 Å². The summed E-state index contributed by atoms with van der Waals surface area (Å²) >= 11 is 5.65. The first-order valence-corrected chi connectivity index (χ1v) is 8.03. The summed E-state index contributed by atoms with van der Waals surface area (Å²) in [6.07, 6.45) is -1.27. The van der Waals surface area contributed by atoms with Gasteiger partial charge in [0.1, 0.15) is 11.6 Å². The van der Waals surface area contributed by atoms with Crippen molar-refractivity contribution in [2.24, 2.45) is 0 Å². The Morgan fingerprint density at radius 2 is 1.93 bits per heavy atom. The number of halogens is 1. The molecule has 0 saturated carbocycles. The van der Waals surface area contributed by atoms with Crippen LogP contribution >= 0.6 is 11.6 Å². The van der Waals surface area contributed by atoms with Gasteiger partial charge in [-0.3, -0.25) is 29.8 Å². The van der Waals surface area contributed by atoms with Crippen molar-refractivity contribution in [1.82, 2.24) is 16.0 Å². The third-order valence-corrected chi connectivity index (χ3v) is 3.37. The summed E-state index contributed by atoms with van der Waals surface area (Å²) in [6.45, 7) is 2.62. The molecule has 1 aromatic rings. The van der Waals surface area contributed by atoms with E-state index < -0.39 is 47.1 Å². The van der Waals surface area contributed by atoms with Crippen LogP contribution < -0.4 is 16.0 Å². The summed E-state index contributed by atoms with van der Waals surface area (Å²) < 4.78 is 4.78. The largest absolute Gasteiger partial charge is 0.451 e. The third kappa shape index (κ3) is 6.90. The summed E-state index contributed by atoms with van der Waals surface area (Å²) in [7, 11) is 0. The van der Waals surface area contributed by atoms with Crippen LogP contribution in [0.15, 0.2) is 18.2 Å². The van der Waals surface area contributed by atoms with E-state index in [9.17, 15) is 29.3 Å². The normalized spacial score (nSPS) is 11.1. The Bertz CT molecular complexity index is 769. The fraction of sp³-hybridized carbons (Fsp3) is 0.333. The summed E-state index contributed by atoms with van der Waals surface area (Å²) in [5.41, 5.74) is -0.538. The maximum atomic E-state index is 12.0. The molecule has 27 heavy (non-hydrogen) atoms. The Balaban J connectivity index is 2.55. The zero-order valence-electron chi connectivity index (χ0n) is 14.4. The van der Waals surface area contributed by atoms with Gasteiger partial charge in [0.05, 0.1) is 4.92 Å². The molecule has 3 N–H and O–H groups in total. The Morgan fingerprint density at radius 3 is 2.52 bits per heavy atom. The molecule has 0 aliphatic carbocycles. The smallest absolute Gasteiger partial charge is 0.326 e. The van der Waals surface area contributed by atoms with Gasteiger partial charge in [0.2, 0.25) is 0 Å². The molecule has 0 spiro atoms. The van der Waals surface area contributed by atoms with Crippen molar-refractivity contribution in [1.29, 1.82) is 0 Å². The number of nitro groups is 1. The molecule has 0 aliphatic heterocycles. The van der Waals surface area contributed by atoms with Crippen molar-refractivity contribution in [2.75, 3.05) is 13.1 Å². The molecule has 1 aromatic carbocycles. The number of benzene rings is 1. The molecule has 1 atom stereocenters. The van der Waals surface area contributed by atoms with E-state index >= 15 is 0 Å². The van der Waals surface area contributed by atoms with E-state index in [4.69, 9.17) is 16.3 Å². The highest BCUT2D eigenvalue weighted by atomic mass is 35.5. The molecule has 146 valence electrons. The van der Waals surface area contributed by atoms with Gasteiger partial charge >= 0.3 is 12.0 Å². The van der Waals surface area contributed by atoms with Crippen LogP contribution in [0.4, 0.5) is 10.5 Å². The molecule has 1 unspecified atom stereocenters. The van der Waals surface area contributed by atoms with Crippen molar-refractivity contribution in [2.45, 2.75) is 20.0 Å². The predicted octanol–water partition coefficient (Wildman–Crippen LogP) is 0.755. The number of hydrogen-bond donors (Lipinski definition) is 3. The topological polar surface area (TPSA) is 157 Å². The lowest BCUT2D eigenvalue weighted by atomic mass is 10.2. The van der Waals surface area contributed by atoms with Gasteiger partial charge in [0, 0.05) is 18.2 Å². The van der Waals surface area contributed by atoms with E-state index in [0.717, 1.165) is 6.07 Å². The fourth-order valence-electron chi connectivity index (χ4n) is 1.76. The molecular weight excluding hydrogens is 384 g/mol. The number of carbonyl (C=O) groups is 4. The number of nitrogens with zero attached hydrogens (tertiary/aromatic N) is 1. The third-order valence-electron chi connectivity index (χ3n) is 3.05. The van der Waals surface area contributed by atoms with Crippen LogP contribution in [0.25, 0.3) is 0 Å². The van der Waals surface area contributed by atoms with Crippen molar-refractivity contribution in [3.63, 3.8) is 0 Å². The first-order valence-electron chi connectivity index (χ1n) is 7.66. The molecule has 0 radical (unpaired) electrons. The van der Waals surface area contributed by atoms with Crippen molar-refractivity contribution >= 4 is 41.1 Å².